The zero-order valence-corrected chi connectivity index (χ0v) is 14.3. The summed E-state index contributed by atoms with van der Waals surface area (Å²) in [5, 5.41) is 22.2. The number of ether oxygens (including phenoxy) is 2. The minimum absolute atomic E-state index is 0.0364. The maximum atomic E-state index is 12.6. The Morgan fingerprint density at radius 1 is 1.38 bits per heavy atom. The number of rotatable bonds is 6. The van der Waals surface area contributed by atoms with Gasteiger partial charge in [0.15, 0.2) is 0 Å². The highest BCUT2D eigenvalue weighted by atomic mass is 16.5. The van der Waals surface area contributed by atoms with Gasteiger partial charge in [-0.25, -0.2) is 4.79 Å². The van der Waals surface area contributed by atoms with Crippen molar-refractivity contribution >= 4 is 11.9 Å². The topological polar surface area (TPSA) is 105 Å². The average molecular weight is 337 g/mol. The molecular weight excluding hydrogens is 314 g/mol. The molecule has 0 aliphatic heterocycles. The summed E-state index contributed by atoms with van der Waals surface area (Å²) in [6.45, 7) is 5.80. The summed E-state index contributed by atoms with van der Waals surface area (Å²) in [5.74, 6) is -1.65. The molecule has 0 spiro atoms. The van der Waals surface area contributed by atoms with E-state index in [-0.39, 0.29) is 23.8 Å². The Bertz CT molecular complexity index is 656. The fraction of sp³-hybridized carbons (Fsp3) is 0.529. The molecule has 7 heteroatoms. The van der Waals surface area contributed by atoms with Gasteiger partial charge >= 0.3 is 5.97 Å². The van der Waals surface area contributed by atoms with E-state index in [1.165, 1.54) is 25.3 Å². The molecule has 0 radical (unpaired) electrons. The number of carbonyl (C=O) groups excluding carboxylic acids is 1. The second-order valence-corrected chi connectivity index (χ2v) is 6.42. The molecule has 1 aromatic carbocycles. The summed E-state index contributed by atoms with van der Waals surface area (Å²) in [5.41, 5.74) is -2.29. The number of nitrogens with one attached hydrogen (secondary N) is 1. The van der Waals surface area contributed by atoms with Crippen LogP contribution in [-0.4, -0.2) is 47.4 Å². The highest BCUT2D eigenvalue weighted by molar-refractivity contribution is 6.01. The Morgan fingerprint density at radius 2 is 2.04 bits per heavy atom. The van der Waals surface area contributed by atoms with Crippen molar-refractivity contribution in [2.45, 2.75) is 38.8 Å². The van der Waals surface area contributed by atoms with Crippen molar-refractivity contribution in [3.63, 3.8) is 0 Å². The number of amides is 1. The Labute approximate surface area is 140 Å². The van der Waals surface area contributed by atoms with E-state index in [2.05, 4.69) is 5.32 Å². The maximum Gasteiger partial charge on any atom is 0.330 e. The number of carboxylic acid groups (broad SMARTS) is 1. The summed E-state index contributed by atoms with van der Waals surface area (Å²) in [6, 6.07) is 4.21. The standard InChI is InChI=1S/C17H23NO6/c1-5-24-13-9-17(15(21)22,16(13,2)3)18-14(20)11-8-10(23-4)6-7-12(11)19/h6-8,13,19H,5,9H2,1-4H3,(H,18,20)(H,21,22). The lowest BCUT2D eigenvalue weighted by atomic mass is 9.54. The summed E-state index contributed by atoms with van der Waals surface area (Å²) in [7, 11) is 1.44. The number of benzene rings is 1. The molecule has 0 heterocycles. The molecule has 1 saturated carbocycles. The van der Waals surface area contributed by atoms with Gasteiger partial charge in [-0.3, -0.25) is 4.79 Å². The Morgan fingerprint density at radius 3 is 2.54 bits per heavy atom. The number of phenols is 1. The van der Waals surface area contributed by atoms with Gasteiger partial charge in [0.2, 0.25) is 0 Å². The molecule has 7 nitrogen and oxygen atoms in total. The van der Waals surface area contributed by atoms with E-state index >= 15 is 0 Å². The van der Waals surface area contributed by atoms with Gasteiger partial charge in [0.05, 0.1) is 18.8 Å². The third-order valence-corrected chi connectivity index (χ3v) is 4.90. The molecule has 2 atom stereocenters. The first-order valence-electron chi connectivity index (χ1n) is 7.74. The number of hydrogen-bond donors (Lipinski definition) is 3. The number of carboxylic acids is 1. The van der Waals surface area contributed by atoms with E-state index in [4.69, 9.17) is 9.47 Å². The first kappa shape index (κ1) is 18.1. The van der Waals surface area contributed by atoms with Crippen molar-refractivity contribution in [2.75, 3.05) is 13.7 Å². The third-order valence-electron chi connectivity index (χ3n) is 4.90. The lowest BCUT2D eigenvalue weighted by Gasteiger charge is -2.58. The number of carbonyl (C=O) groups is 2. The molecule has 24 heavy (non-hydrogen) atoms. The van der Waals surface area contributed by atoms with Crippen molar-refractivity contribution in [2.24, 2.45) is 5.41 Å². The van der Waals surface area contributed by atoms with E-state index in [0.29, 0.717) is 12.4 Å². The summed E-state index contributed by atoms with van der Waals surface area (Å²) < 4.78 is 10.6. The minimum Gasteiger partial charge on any atom is -0.507 e. The highest BCUT2D eigenvalue weighted by Gasteiger charge is 2.66. The van der Waals surface area contributed by atoms with Gasteiger partial charge in [0.1, 0.15) is 17.0 Å². The van der Waals surface area contributed by atoms with Crippen molar-refractivity contribution in [3.05, 3.63) is 23.8 Å². The van der Waals surface area contributed by atoms with Gasteiger partial charge in [-0.05, 0) is 25.1 Å². The molecule has 1 amide bonds. The van der Waals surface area contributed by atoms with Crippen LogP contribution in [0.25, 0.3) is 0 Å². The van der Waals surface area contributed by atoms with E-state index in [1.807, 2.05) is 6.92 Å². The largest absolute Gasteiger partial charge is 0.507 e. The second-order valence-electron chi connectivity index (χ2n) is 6.42. The van der Waals surface area contributed by atoms with Gasteiger partial charge in [0, 0.05) is 18.4 Å². The number of phenolic OH excluding ortho intramolecular Hbond substituents is 1. The molecule has 0 bridgehead atoms. The predicted octanol–water partition coefficient (Wildman–Crippen LogP) is 1.79. The van der Waals surface area contributed by atoms with E-state index in [0.717, 1.165) is 0 Å². The van der Waals surface area contributed by atoms with E-state index in [1.54, 1.807) is 13.8 Å². The van der Waals surface area contributed by atoms with E-state index in [9.17, 15) is 19.8 Å². The minimum atomic E-state index is -1.46. The van der Waals surface area contributed by atoms with Gasteiger partial charge in [-0.1, -0.05) is 13.8 Å². The Balaban J connectivity index is 2.30. The van der Waals surface area contributed by atoms with Crippen LogP contribution in [0.1, 0.15) is 37.6 Å². The number of hydrogen-bond acceptors (Lipinski definition) is 5. The molecule has 0 saturated heterocycles. The molecule has 132 valence electrons. The fourth-order valence-electron chi connectivity index (χ4n) is 3.12. The zero-order valence-electron chi connectivity index (χ0n) is 14.3. The Kier molecular flexibility index (Phi) is 4.75. The van der Waals surface area contributed by atoms with Gasteiger partial charge < -0.3 is 25.0 Å². The summed E-state index contributed by atoms with van der Waals surface area (Å²) in [4.78, 5) is 24.5. The monoisotopic (exact) mass is 337 g/mol. The second kappa shape index (κ2) is 6.32. The Hall–Kier alpha value is -2.28. The van der Waals surface area contributed by atoms with Crippen LogP contribution < -0.4 is 10.1 Å². The average Bonchev–Trinajstić information content (AvgIpc) is 2.53. The van der Waals surface area contributed by atoms with Crippen LogP contribution in [0.15, 0.2) is 18.2 Å². The highest BCUT2D eigenvalue weighted by Crippen LogP contribution is 2.51. The summed E-state index contributed by atoms with van der Waals surface area (Å²) >= 11 is 0. The zero-order chi connectivity index (χ0) is 18.1. The maximum absolute atomic E-state index is 12.6. The van der Waals surface area contributed by atoms with Crippen molar-refractivity contribution in [3.8, 4) is 11.5 Å². The van der Waals surface area contributed by atoms with Crippen LogP contribution >= 0.6 is 0 Å². The molecule has 1 fully saturated rings. The van der Waals surface area contributed by atoms with Crippen molar-refractivity contribution < 1.29 is 29.3 Å². The molecule has 2 rings (SSSR count). The number of aromatic hydroxyl groups is 1. The smallest absolute Gasteiger partial charge is 0.330 e. The quantitative estimate of drug-likeness (QED) is 0.731. The molecule has 1 aliphatic rings. The van der Waals surface area contributed by atoms with E-state index < -0.39 is 22.8 Å². The number of aliphatic carboxylic acids is 1. The van der Waals surface area contributed by atoms with Crippen LogP contribution in [0.3, 0.4) is 0 Å². The summed E-state index contributed by atoms with van der Waals surface area (Å²) in [6.07, 6.45) is -0.0996. The first-order valence-corrected chi connectivity index (χ1v) is 7.74. The molecule has 1 aliphatic carbocycles. The molecule has 0 aromatic heterocycles. The first-order chi connectivity index (χ1) is 11.2. The molecule has 1 aromatic rings. The van der Waals surface area contributed by atoms with Crippen molar-refractivity contribution in [1.82, 2.24) is 5.32 Å². The van der Waals surface area contributed by atoms with Gasteiger partial charge in [-0.2, -0.15) is 0 Å². The van der Waals surface area contributed by atoms with Crippen LogP contribution in [0, 0.1) is 5.41 Å². The molecular formula is C17H23NO6. The SMILES string of the molecule is CCOC1CC(NC(=O)c2cc(OC)ccc2O)(C(=O)O)C1(C)C. The fourth-order valence-corrected chi connectivity index (χ4v) is 3.12. The predicted molar refractivity (Wildman–Crippen MR) is 86.3 cm³/mol. The van der Waals surface area contributed by atoms with Crippen LogP contribution in [0.2, 0.25) is 0 Å². The number of methoxy groups -OCH3 is 1. The third kappa shape index (κ3) is 2.69. The van der Waals surface area contributed by atoms with Crippen LogP contribution in [0.4, 0.5) is 0 Å². The lowest BCUT2D eigenvalue weighted by molar-refractivity contribution is -0.190. The molecule has 2 unspecified atom stereocenters. The molecule has 3 N–H and O–H groups in total. The van der Waals surface area contributed by atoms with Gasteiger partial charge in [-0.15, -0.1) is 0 Å². The normalized spacial score (nSPS) is 24.8. The lowest BCUT2D eigenvalue weighted by Crippen LogP contribution is -2.76. The van der Waals surface area contributed by atoms with Gasteiger partial charge in [0.25, 0.3) is 5.91 Å². The van der Waals surface area contributed by atoms with Crippen LogP contribution in [-0.2, 0) is 9.53 Å². The van der Waals surface area contributed by atoms with Crippen molar-refractivity contribution in [1.29, 1.82) is 0 Å². The van der Waals surface area contributed by atoms with Crippen LogP contribution in [0.5, 0.6) is 11.5 Å².